The molecule has 1 aliphatic rings. The summed E-state index contributed by atoms with van der Waals surface area (Å²) in [5.41, 5.74) is 2.49. The summed E-state index contributed by atoms with van der Waals surface area (Å²) in [7, 11) is 0. The van der Waals surface area contributed by atoms with Crippen molar-refractivity contribution in [3.8, 4) is 11.3 Å². The van der Waals surface area contributed by atoms with Crippen LogP contribution < -0.4 is 0 Å². The SMILES string of the molecule is Cc1ccc(-c2cc(/C=C3\SC(=S)N(CC(=O)O)C3=O)no2)cc1. The number of aromatic nitrogens is 1. The van der Waals surface area contributed by atoms with Crippen molar-refractivity contribution in [2.24, 2.45) is 0 Å². The number of hydrogen-bond donors (Lipinski definition) is 1. The summed E-state index contributed by atoms with van der Waals surface area (Å²) in [6.45, 7) is 1.55. The number of nitrogens with zero attached hydrogens (tertiary/aromatic N) is 2. The van der Waals surface area contributed by atoms with Crippen LogP contribution in [0.3, 0.4) is 0 Å². The van der Waals surface area contributed by atoms with E-state index in [4.69, 9.17) is 21.8 Å². The molecule has 0 aliphatic carbocycles. The van der Waals surface area contributed by atoms with E-state index in [1.54, 1.807) is 12.1 Å². The van der Waals surface area contributed by atoms with E-state index in [1.807, 2.05) is 31.2 Å². The van der Waals surface area contributed by atoms with Crippen molar-refractivity contribution in [2.75, 3.05) is 6.54 Å². The quantitative estimate of drug-likeness (QED) is 0.663. The number of carbonyl (C=O) groups is 2. The molecule has 24 heavy (non-hydrogen) atoms. The Hall–Kier alpha value is -2.45. The minimum Gasteiger partial charge on any atom is -0.480 e. The summed E-state index contributed by atoms with van der Waals surface area (Å²) in [6.07, 6.45) is 1.54. The Morgan fingerprint density at radius 2 is 2.12 bits per heavy atom. The molecular weight excluding hydrogens is 348 g/mol. The molecule has 0 unspecified atom stereocenters. The van der Waals surface area contributed by atoms with Crippen LogP contribution in [0, 0.1) is 6.92 Å². The van der Waals surface area contributed by atoms with Gasteiger partial charge in [0.05, 0.1) is 4.91 Å². The third-order valence-electron chi connectivity index (χ3n) is 3.31. The van der Waals surface area contributed by atoms with Crippen LogP contribution in [0.2, 0.25) is 0 Å². The molecule has 0 bridgehead atoms. The topological polar surface area (TPSA) is 83.6 Å². The van der Waals surface area contributed by atoms with Gasteiger partial charge in [-0.25, -0.2) is 0 Å². The van der Waals surface area contributed by atoms with E-state index in [2.05, 4.69) is 5.16 Å². The van der Waals surface area contributed by atoms with Gasteiger partial charge < -0.3 is 9.63 Å². The zero-order valence-electron chi connectivity index (χ0n) is 12.6. The molecule has 1 N–H and O–H groups in total. The van der Waals surface area contributed by atoms with Gasteiger partial charge in [0.2, 0.25) is 0 Å². The Morgan fingerprint density at radius 3 is 2.79 bits per heavy atom. The Kier molecular flexibility index (Phi) is 4.50. The van der Waals surface area contributed by atoms with Crippen LogP contribution in [0.1, 0.15) is 11.3 Å². The van der Waals surface area contributed by atoms with E-state index in [0.717, 1.165) is 27.8 Å². The summed E-state index contributed by atoms with van der Waals surface area (Å²) in [4.78, 5) is 24.4. The number of carbonyl (C=O) groups excluding carboxylic acids is 1. The summed E-state index contributed by atoms with van der Waals surface area (Å²) >= 11 is 6.09. The van der Waals surface area contributed by atoms with Crippen LogP contribution in [0.5, 0.6) is 0 Å². The van der Waals surface area contributed by atoms with Crippen LogP contribution in [0.4, 0.5) is 0 Å². The fourth-order valence-corrected chi connectivity index (χ4v) is 3.36. The van der Waals surface area contributed by atoms with Crippen LogP contribution in [0.15, 0.2) is 39.8 Å². The minimum absolute atomic E-state index is 0.218. The highest BCUT2D eigenvalue weighted by Gasteiger charge is 2.33. The van der Waals surface area contributed by atoms with E-state index < -0.39 is 18.4 Å². The molecule has 1 aromatic heterocycles. The van der Waals surface area contributed by atoms with Crippen molar-refractivity contribution in [1.29, 1.82) is 0 Å². The van der Waals surface area contributed by atoms with Crippen molar-refractivity contribution >= 4 is 46.3 Å². The molecule has 2 aromatic rings. The molecule has 0 saturated carbocycles. The number of hydrogen-bond acceptors (Lipinski definition) is 6. The summed E-state index contributed by atoms with van der Waals surface area (Å²) < 4.78 is 5.52. The number of benzene rings is 1. The lowest BCUT2D eigenvalue weighted by molar-refractivity contribution is -0.140. The number of carboxylic acids is 1. The van der Waals surface area contributed by atoms with Gasteiger partial charge in [0.15, 0.2) is 5.76 Å². The molecule has 1 amide bonds. The molecule has 8 heteroatoms. The minimum atomic E-state index is -1.12. The fourth-order valence-electron chi connectivity index (χ4n) is 2.12. The van der Waals surface area contributed by atoms with Gasteiger partial charge in [0, 0.05) is 11.6 Å². The van der Waals surface area contributed by atoms with Crippen molar-refractivity contribution in [1.82, 2.24) is 10.1 Å². The van der Waals surface area contributed by atoms with E-state index in [0.29, 0.717) is 16.4 Å². The molecular formula is C16H12N2O4S2. The maximum Gasteiger partial charge on any atom is 0.323 e. The molecule has 0 radical (unpaired) electrons. The number of thiocarbonyl (C=S) groups is 1. The summed E-state index contributed by atoms with van der Waals surface area (Å²) in [5, 5.41) is 12.8. The van der Waals surface area contributed by atoms with Gasteiger partial charge in [-0.15, -0.1) is 0 Å². The first kappa shape index (κ1) is 16.4. The first-order valence-corrected chi connectivity index (χ1v) is 8.17. The highest BCUT2D eigenvalue weighted by Crippen LogP contribution is 2.32. The normalized spacial score (nSPS) is 16.2. The molecule has 3 rings (SSSR count). The van der Waals surface area contributed by atoms with E-state index in [1.165, 1.54) is 0 Å². The second kappa shape index (κ2) is 6.58. The molecule has 1 saturated heterocycles. The lowest BCUT2D eigenvalue weighted by Gasteiger charge is -2.09. The Labute approximate surface area is 147 Å². The number of amides is 1. The van der Waals surface area contributed by atoms with Gasteiger partial charge in [-0.05, 0) is 13.0 Å². The molecule has 122 valence electrons. The lowest BCUT2D eigenvalue weighted by Crippen LogP contribution is -2.33. The van der Waals surface area contributed by atoms with Crippen LogP contribution in [-0.2, 0) is 9.59 Å². The van der Waals surface area contributed by atoms with E-state index in [-0.39, 0.29) is 4.32 Å². The molecule has 1 aliphatic heterocycles. The number of aliphatic carboxylic acids is 1. The van der Waals surface area contributed by atoms with Crippen LogP contribution in [0.25, 0.3) is 17.4 Å². The summed E-state index contributed by atoms with van der Waals surface area (Å²) in [6, 6.07) is 9.50. The molecule has 6 nitrogen and oxygen atoms in total. The second-order valence-electron chi connectivity index (χ2n) is 5.14. The smallest absolute Gasteiger partial charge is 0.323 e. The standard InChI is InChI=1S/C16H12N2O4S2/c1-9-2-4-10(5-3-9)12-6-11(17-22-12)7-13-15(21)18(8-14(19)20)16(23)24-13/h2-7H,8H2,1H3,(H,19,20)/b13-7-. The van der Waals surface area contributed by atoms with Gasteiger partial charge in [-0.3, -0.25) is 14.5 Å². The predicted molar refractivity (Wildman–Crippen MR) is 94.2 cm³/mol. The lowest BCUT2D eigenvalue weighted by atomic mass is 10.1. The van der Waals surface area contributed by atoms with Gasteiger partial charge in [0.1, 0.15) is 16.6 Å². The third-order valence-corrected chi connectivity index (χ3v) is 4.69. The maximum absolute atomic E-state index is 12.2. The Bertz CT molecular complexity index is 855. The molecule has 2 heterocycles. The van der Waals surface area contributed by atoms with Gasteiger partial charge in [-0.1, -0.05) is 59.0 Å². The number of carboxylic acid groups (broad SMARTS) is 1. The molecule has 1 fully saturated rings. The summed E-state index contributed by atoms with van der Waals surface area (Å²) in [5.74, 6) is -0.967. The Morgan fingerprint density at radius 1 is 1.42 bits per heavy atom. The van der Waals surface area contributed by atoms with E-state index >= 15 is 0 Å². The predicted octanol–water partition coefficient (Wildman–Crippen LogP) is 2.94. The van der Waals surface area contributed by atoms with Crippen molar-refractivity contribution in [3.05, 3.63) is 46.5 Å². The monoisotopic (exact) mass is 360 g/mol. The average Bonchev–Trinajstić information content (AvgIpc) is 3.09. The molecule has 1 aromatic carbocycles. The number of thioether (sulfide) groups is 1. The molecule has 0 atom stereocenters. The number of aryl methyl sites for hydroxylation is 1. The van der Waals surface area contributed by atoms with Crippen LogP contribution >= 0.6 is 24.0 Å². The largest absolute Gasteiger partial charge is 0.480 e. The molecule has 0 spiro atoms. The van der Waals surface area contributed by atoms with Crippen molar-refractivity contribution < 1.29 is 19.2 Å². The first-order chi connectivity index (χ1) is 11.4. The maximum atomic E-state index is 12.2. The fraction of sp³-hybridized carbons (Fsp3) is 0.125. The number of rotatable bonds is 4. The van der Waals surface area contributed by atoms with Crippen LogP contribution in [-0.4, -0.2) is 37.9 Å². The third kappa shape index (κ3) is 3.39. The van der Waals surface area contributed by atoms with Gasteiger partial charge in [-0.2, -0.15) is 0 Å². The highest BCUT2D eigenvalue weighted by molar-refractivity contribution is 8.26. The zero-order valence-corrected chi connectivity index (χ0v) is 14.2. The Balaban J connectivity index is 1.82. The highest BCUT2D eigenvalue weighted by atomic mass is 32.2. The van der Waals surface area contributed by atoms with Crippen molar-refractivity contribution in [3.63, 3.8) is 0 Å². The van der Waals surface area contributed by atoms with E-state index in [9.17, 15) is 9.59 Å². The average molecular weight is 360 g/mol. The second-order valence-corrected chi connectivity index (χ2v) is 6.82. The first-order valence-electron chi connectivity index (χ1n) is 6.95. The van der Waals surface area contributed by atoms with Crippen molar-refractivity contribution in [2.45, 2.75) is 6.92 Å². The van der Waals surface area contributed by atoms with Gasteiger partial charge >= 0.3 is 5.97 Å². The zero-order chi connectivity index (χ0) is 17.3. The van der Waals surface area contributed by atoms with Gasteiger partial charge in [0.25, 0.3) is 5.91 Å².